The third-order valence-corrected chi connectivity index (χ3v) is 5.18. The summed E-state index contributed by atoms with van der Waals surface area (Å²) in [5.41, 5.74) is 2.17. The normalized spacial score (nSPS) is 14.3. The molecule has 1 aliphatic heterocycles. The van der Waals surface area contributed by atoms with Gasteiger partial charge in [-0.25, -0.2) is 9.97 Å². The van der Waals surface area contributed by atoms with Crippen LogP contribution in [0.2, 0.25) is 0 Å². The molecule has 1 aromatic carbocycles. The molecule has 0 radical (unpaired) electrons. The number of carboxylic acid groups (broad SMARTS) is 1. The first-order valence-corrected chi connectivity index (χ1v) is 9.58. The van der Waals surface area contributed by atoms with E-state index in [-0.39, 0.29) is 5.56 Å². The van der Waals surface area contributed by atoms with Gasteiger partial charge in [0, 0.05) is 30.6 Å². The van der Waals surface area contributed by atoms with E-state index in [0.717, 1.165) is 35.3 Å². The third-order valence-electron chi connectivity index (χ3n) is 4.26. The van der Waals surface area contributed by atoms with Gasteiger partial charge in [0.15, 0.2) is 5.16 Å². The number of benzene rings is 1. The maximum absolute atomic E-state index is 11.0. The van der Waals surface area contributed by atoms with Crippen molar-refractivity contribution in [2.45, 2.75) is 43.5 Å². The lowest BCUT2D eigenvalue weighted by molar-refractivity contribution is -0.255. The molecular formula is C19H22N3O2S-. The summed E-state index contributed by atoms with van der Waals surface area (Å²) in [5.74, 6) is 0.816. The number of anilines is 1. The first kappa shape index (κ1) is 17.7. The van der Waals surface area contributed by atoms with Gasteiger partial charge in [-0.05, 0) is 36.0 Å². The Morgan fingerprint density at radius 1 is 1.24 bits per heavy atom. The van der Waals surface area contributed by atoms with Crippen LogP contribution in [0.4, 0.5) is 5.82 Å². The van der Waals surface area contributed by atoms with Crippen LogP contribution in [0.3, 0.4) is 0 Å². The molecular weight excluding hydrogens is 334 g/mol. The molecule has 0 amide bonds. The minimum absolute atomic E-state index is 0.202. The molecule has 1 aromatic heterocycles. The highest BCUT2D eigenvalue weighted by molar-refractivity contribution is 7.98. The number of hydrogen-bond donors (Lipinski definition) is 0. The maximum atomic E-state index is 11.0. The van der Waals surface area contributed by atoms with E-state index in [0.29, 0.717) is 11.7 Å². The summed E-state index contributed by atoms with van der Waals surface area (Å²) in [7, 11) is 0. The zero-order valence-electron chi connectivity index (χ0n) is 14.6. The van der Waals surface area contributed by atoms with Crippen LogP contribution in [0.1, 0.15) is 54.2 Å². The van der Waals surface area contributed by atoms with Crippen LogP contribution in [0.5, 0.6) is 0 Å². The summed E-state index contributed by atoms with van der Waals surface area (Å²) in [5, 5.41) is 11.7. The van der Waals surface area contributed by atoms with Crippen LogP contribution in [0.15, 0.2) is 35.5 Å². The molecule has 5 nitrogen and oxygen atoms in total. The summed E-state index contributed by atoms with van der Waals surface area (Å²) < 4.78 is 0. The number of nitrogens with zero attached hydrogens (tertiary/aromatic N) is 3. The van der Waals surface area contributed by atoms with Gasteiger partial charge >= 0.3 is 0 Å². The Bertz CT molecular complexity index is 758. The predicted molar refractivity (Wildman–Crippen MR) is 97.9 cm³/mol. The molecule has 0 unspecified atom stereocenters. The fourth-order valence-electron chi connectivity index (χ4n) is 2.83. The molecule has 0 bridgehead atoms. The Morgan fingerprint density at radius 3 is 2.68 bits per heavy atom. The minimum atomic E-state index is -1.15. The molecule has 0 saturated carbocycles. The minimum Gasteiger partial charge on any atom is -0.545 e. The lowest BCUT2D eigenvalue weighted by Crippen LogP contribution is -2.22. The summed E-state index contributed by atoms with van der Waals surface area (Å²) >= 11 is 1.54. The molecule has 0 spiro atoms. The van der Waals surface area contributed by atoms with Gasteiger partial charge in [-0.15, -0.1) is 0 Å². The van der Waals surface area contributed by atoms with Crippen LogP contribution >= 0.6 is 11.8 Å². The Hall–Kier alpha value is -2.08. The predicted octanol–water partition coefficient (Wildman–Crippen LogP) is 2.86. The molecule has 6 heteroatoms. The van der Waals surface area contributed by atoms with E-state index in [1.165, 1.54) is 24.6 Å². The van der Waals surface area contributed by atoms with E-state index < -0.39 is 5.97 Å². The molecule has 132 valence electrons. The Balaban J connectivity index is 1.79. The van der Waals surface area contributed by atoms with Crippen molar-refractivity contribution in [3.63, 3.8) is 0 Å². The highest BCUT2D eigenvalue weighted by Gasteiger charge is 2.17. The standard InChI is InChI=1S/C19H23N3O2S/c1-13(2)16-11-17(22-8-3-4-9-22)21-19(20-16)25-12-14-6-5-7-15(10-14)18(23)24/h5-7,10-11,13H,3-4,8-9,12H2,1-2H3,(H,23,24)/p-1. The highest BCUT2D eigenvalue weighted by atomic mass is 32.2. The molecule has 0 atom stereocenters. The second kappa shape index (κ2) is 7.87. The fourth-order valence-corrected chi connectivity index (χ4v) is 3.64. The van der Waals surface area contributed by atoms with E-state index in [2.05, 4.69) is 29.8 Å². The van der Waals surface area contributed by atoms with Gasteiger partial charge in [-0.3, -0.25) is 0 Å². The molecule has 2 heterocycles. The van der Waals surface area contributed by atoms with Crippen LogP contribution in [-0.4, -0.2) is 29.0 Å². The van der Waals surface area contributed by atoms with E-state index in [1.807, 2.05) is 6.07 Å². The molecule has 25 heavy (non-hydrogen) atoms. The van der Waals surface area contributed by atoms with Crippen molar-refractivity contribution in [2.24, 2.45) is 0 Å². The summed E-state index contributed by atoms with van der Waals surface area (Å²) in [6.07, 6.45) is 2.42. The van der Waals surface area contributed by atoms with Crippen LogP contribution < -0.4 is 10.0 Å². The monoisotopic (exact) mass is 356 g/mol. The average molecular weight is 356 g/mol. The van der Waals surface area contributed by atoms with Crippen molar-refractivity contribution in [1.82, 2.24) is 9.97 Å². The van der Waals surface area contributed by atoms with Crippen LogP contribution in [0, 0.1) is 0 Å². The van der Waals surface area contributed by atoms with Gasteiger partial charge in [0.05, 0.1) is 5.97 Å². The topological polar surface area (TPSA) is 69.2 Å². The second-order valence-electron chi connectivity index (χ2n) is 6.56. The Labute approximate surface area is 152 Å². The smallest absolute Gasteiger partial charge is 0.190 e. The average Bonchev–Trinajstić information content (AvgIpc) is 3.14. The second-order valence-corrected chi connectivity index (χ2v) is 7.50. The number of aromatic nitrogens is 2. The van der Waals surface area contributed by atoms with Gasteiger partial charge < -0.3 is 14.8 Å². The van der Waals surface area contributed by atoms with Crippen molar-refractivity contribution < 1.29 is 9.90 Å². The number of carbonyl (C=O) groups excluding carboxylic acids is 1. The van der Waals surface area contributed by atoms with Gasteiger partial charge in [-0.1, -0.05) is 43.8 Å². The van der Waals surface area contributed by atoms with E-state index >= 15 is 0 Å². The summed E-state index contributed by atoms with van der Waals surface area (Å²) in [6, 6.07) is 8.94. The van der Waals surface area contributed by atoms with Gasteiger partial charge in [0.1, 0.15) is 5.82 Å². The van der Waals surface area contributed by atoms with Gasteiger partial charge in [-0.2, -0.15) is 0 Å². The quantitative estimate of drug-likeness (QED) is 0.585. The number of hydrogen-bond acceptors (Lipinski definition) is 6. The van der Waals surface area contributed by atoms with E-state index in [4.69, 9.17) is 4.98 Å². The first-order chi connectivity index (χ1) is 12.0. The number of carbonyl (C=O) groups is 1. The first-order valence-electron chi connectivity index (χ1n) is 8.60. The van der Waals surface area contributed by atoms with Gasteiger partial charge in [0.25, 0.3) is 0 Å². The van der Waals surface area contributed by atoms with Crippen LogP contribution in [0.25, 0.3) is 0 Å². The zero-order chi connectivity index (χ0) is 17.8. The summed E-state index contributed by atoms with van der Waals surface area (Å²) in [6.45, 7) is 6.36. The Kier molecular flexibility index (Phi) is 5.58. The van der Waals surface area contributed by atoms with E-state index in [9.17, 15) is 9.90 Å². The highest BCUT2D eigenvalue weighted by Crippen LogP contribution is 2.27. The molecule has 0 aliphatic carbocycles. The molecule has 1 fully saturated rings. The molecule has 1 aliphatic rings. The van der Waals surface area contributed by atoms with Gasteiger partial charge in [0.2, 0.25) is 0 Å². The zero-order valence-corrected chi connectivity index (χ0v) is 15.4. The van der Waals surface area contributed by atoms with Crippen molar-refractivity contribution in [3.8, 4) is 0 Å². The SMILES string of the molecule is CC(C)c1cc(N2CCCC2)nc(SCc2cccc(C(=O)[O-])c2)n1. The maximum Gasteiger partial charge on any atom is 0.190 e. The van der Waals surface area contributed by atoms with Crippen molar-refractivity contribution in [2.75, 3.05) is 18.0 Å². The van der Waals surface area contributed by atoms with Crippen molar-refractivity contribution in [3.05, 3.63) is 47.2 Å². The number of thioether (sulfide) groups is 1. The number of aromatic carboxylic acids is 1. The van der Waals surface area contributed by atoms with Crippen molar-refractivity contribution >= 4 is 23.5 Å². The molecule has 1 saturated heterocycles. The third kappa shape index (κ3) is 4.51. The van der Waals surface area contributed by atoms with Crippen LogP contribution in [-0.2, 0) is 5.75 Å². The fraction of sp³-hybridized carbons (Fsp3) is 0.421. The Morgan fingerprint density at radius 2 is 2.00 bits per heavy atom. The number of rotatable bonds is 6. The lowest BCUT2D eigenvalue weighted by atomic mass is 10.1. The summed E-state index contributed by atoms with van der Waals surface area (Å²) in [4.78, 5) is 22.7. The number of carboxylic acids is 1. The molecule has 3 rings (SSSR count). The largest absolute Gasteiger partial charge is 0.545 e. The van der Waals surface area contributed by atoms with Crippen molar-refractivity contribution in [1.29, 1.82) is 0 Å². The van der Waals surface area contributed by atoms with E-state index in [1.54, 1.807) is 18.2 Å². The molecule has 2 aromatic rings. The molecule has 0 N–H and O–H groups in total. The lowest BCUT2D eigenvalue weighted by Gasteiger charge is -2.18.